The fraction of sp³-hybridized carbons (Fsp3) is 0.611. The van der Waals surface area contributed by atoms with Gasteiger partial charge in [0.05, 0.1) is 6.54 Å². The van der Waals surface area contributed by atoms with Crippen LogP contribution in [0.5, 0.6) is 0 Å². The third-order valence-corrected chi connectivity index (χ3v) is 4.50. The van der Waals surface area contributed by atoms with E-state index in [9.17, 15) is 0 Å². The summed E-state index contributed by atoms with van der Waals surface area (Å²) in [7, 11) is 0. The van der Waals surface area contributed by atoms with Gasteiger partial charge < -0.3 is 15.4 Å². The number of halogens is 2. The van der Waals surface area contributed by atoms with Gasteiger partial charge in [0.1, 0.15) is 0 Å². The number of nitrogens with zero attached hydrogens (tertiary/aromatic N) is 1. The SMILES string of the molecule is CCNC(=NCc1ccc(Cl)cc1)NCC1(CCOCC)CC1.I. The van der Waals surface area contributed by atoms with Crippen LogP contribution in [0.15, 0.2) is 29.3 Å². The van der Waals surface area contributed by atoms with Crippen LogP contribution in [0.1, 0.15) is 38.7 Å². The number of hydrogen-bond acceptors (Lipinski definition) is 2. The number of rotatable bonds is 9. The molecule has 1 aliphatic carbocycles. The van der Waals surface area contributed by atoms with Crippen molar-refractivity contribution in [3.8, 4) is 0 Å². The van der Waals surface area contributed by atoms with Crippen molar-refractivity contribution in [2.75, 3.05) is 26.3 Å². The highest BCUT2D eigenvalue weighted by atomic mass is 127. The average molecular weight is 466 g/mol. The molecule has 136 valence electrons. The largest absolute Gasteiger partial charge is 0.382 e. The lowest BCUT2D eigenvalue weighted by Crippen LogP contribution is -2.40. The molecule has 6 heteroatoms. The van der Waals surface area contributed by atoms with Crippen LogP contribution in [0.25, 0.3) is 0 Å². The van der Waals surface area contributed by atoms with Gasteiger partial charge in [-0.2, -0.15) is 0 Å². The molecule has 24 heavy (non-hydrogen) atoms. The molecule has 1 aliphatic rings. The summed E-state index contributed by atoms with van der Waals surface area (Å²) in [5.41, 5.74) is 1.56. The van der Waals surface area contributed by atoms with E-state index in [1.165, 1.54) is 12.8 Å². The molecule has 4 nitrogen and oxygen atoms in total. The van der Waals surface area contributed by atoms with Gasteiger partial charge in [-0.1, -0.05) is 23.7 Å². The molecule has 1 fully saturated rings. The first-order chi connectivity index (χ1) is 11.2. The molecular formula is C18H29ClIN3O. The lowest BCUT2D eigenvalue weighted by atomic mass is 10.0. The molecule has 0 bridgehead atoms. The van der Waals surface area contributed by atoms with Gasteiger partial charge >= 0.3 is 0 Å². The summed E-state index contributed by atoms with van der Waals surface area (Å²) >= 11 is 5.91. The second kappa shape index (κ2) is 11.2. The molecule has 2 rings (SSSR count). The van der Waals surface area contributed by atoms with E-state index in [1.54, 1.807) is 0 Å². The predicted octanol–water partition coefficient (Wildman–Crippen LogP) is 4.22. The zero-order valence-corrected chi connectivity index (χ0v) is 17.7. The van der Waals surface area contributed by atoms with E-state index in [-0.39, 0.29) is 24.0 Å². The zero-order chi connectivity index (χ0) is 16.5. The second-order valence-electron chi connectivity index (χ2n) is 6.12. The molecule has 0 heterocycles. The van der Waals surface area contributed by atoms with Crippen molar-refractivity contribution in [3.63, 3.8) is 0 Å². The number of benzene rings is 1. The number of guanidine groups is 1. The first-order valence-electron chi connectivity index (χ1n) is 8.52. The molecule has 1 aromatic carbocycles. The highest BCUT2D eigenvalue weighted by Crippen LogP contribution is 2.48. The van der Waals surface area contributed by atoms with Crippen LogP contribution in [0.4, 0.5) is 0 Å². The van der Waals surface area contributed by atoms with Crippen LogP contribution in [-0.2, 0) is 11.3 Å². The van der Waals surface area contributed by atoms with Crippen LogP contribution in [0.3, 0.4) is 0 Å². The zero-order valence-electron chi connectivity index (χ0n) is 14.6. The topological polar surface area (TPSA) is 45.7 Å². The number of aliphatic imine (C=N–C) groups is 1. The van der Waals surface area contributed by atoms with Crippen LogP contribution in [0, 0.1) is 5.41 Å². The van der Waals surface area contributed by atoms with E-state index in [0.717, 1.165) is 49.3 Å². The van der Waals surface area contributed by atoms with Gasteiger partial charge in [0, 0.05) is 31.3 Å². The van der Waals surface area contributed by atoms with E-state index in [0.29, 0.717) is 12.0 Å². The maximum absolute atomic E-state index is 5.91. The molecule has 0 amide bonds. The molecule has 1 saturated carbocycles. The number of hydrogen-bond donors (Lipinski definition) is 2. The van der Waals surface area contributed by atoms with Gasteiger partial charge in [-0.3, -0.25) is 0 Å². The molecule has 0 radical (unpaired) electrons. The van der Waals surface area contributed by atoms with E-state index < -0.39 is 0 Å². The summed E-state index contributed by atoms with van der Waals surface area (Å²) in [5, 5.41) is 7.56. The van der Waals surface area contributed by atoms with E-state index in [1.807, 2.05) is 31.2 Å². The molecule has 1 aromatic rings. The molecule has 0 saturated heterocycles. The Morgan fingerprint density at radius 1 is 1.21 bits per heavy atom. The Morgan fingerprint density at radius 2 is 1.92 bits per heavy atom. The molecule has 0 aromatic heterocycles. The molecule has 0 spiro atoms. The first-order valence-corrected chi connectivity index (χ1v) is 8.89. The monoisotopic (exact) mass is 465 g/mol. The second-order valence-corrected chi connectivity index (χ2v) is 6.56. The van der Waals surface area contributed by atoms with Crippen LogP contribution >= 0.6 is 35.6 Å². The summed E-state index contributed by atoms with van der Waals surface area (Å²) in [4.78, 5) is 4.66. The number of nitrogens with one attached hydrogen (secondary N) is 2. The molecule has 0 unspecified atom stereocenters. The van der Waals surface area contributed by atoms with E-state index in [2.05, 4.69) is 22.5 Å². The predicted molar refractivity (Wildman–Crippen MR) is 112 cm³/mol. The van der Waals surface area contributed by atoms with Gasteiger partial charge in [-0.15, -0.1) is 24.0 Å². The Bertz CT molecular complexity index is 503. The van der Waals surface area contributed by atoms with Gasteiger partial charge in [0.25, 0.3) is 0 Å². The van der Waals surface area contributed by atoms with E-state index >= 15 is 0 Å². The highest BCUT2D eigenvalue weighted by Gasteiger charge is 2.41. The summed E-state index contributed by atoms with van der Waals surface area (Å²) in [6, 6.07) is 7.83. The van der Waals surface area contributed by atoms with Crippen molar-refractivity contribution in [1.82, 2.24) is 10.6 Å². The van der Waals surface area contributed by atoms with Crippen LogP contribution in [0.2, 0.25) is 5.02 Å². The van der Waals surface area contributed by atoms with Crippen molar-refractivity contribution < 1.29 is 4.74 Å². The first kappa shape index (κ1) is 21.5. The Kier molecular flexibility index (Phi) is 10.0. The lowest BCUT2D eigenvalue weighted by Gasteiger charge is -2.18. The van der Waals surface area contributed by atoms with Gasteiger partial charge in [0.15, 0.2) is 5.96 Å². The molecule has 0 aliphatic heterocycles. The van der Waals surface area contributed by atoms with Crippen molar-refractivity contribution in [2.24, 2.45) is 10.4 Å². The standard InChI is InChI=1S/C18H28ClN3O.HI/c1-3-20-17(21-13-15-5-7-16(19)8-6-15)22-14-18(9-10-18)11-12-23-4-2;/h5-8H,3-4,9-14H2,1-2H3,(H2,20,21,22);1H. The Morgan fingerprint density at radius 3 is 2.50 bits per heavy atom. The van der Waals surface area contributed by atoms with Crippen molar-refractivity contribution in [3.05, 3.63) is 34.9 Å². The van der Waals surface area contributed by atoms with Crippen LogP contribution in [-0.4, -0.2) is 32.3 Å². The summed E-state index contributed by atoms with van der Waals surface area (Å²) in [6.07, 6.45) is 3.69. The molecular weight excluding hydrogens is 437 g/mol. The molecule has 2 N–H and O–H groups in total. The number of ether oxygens (including phenoxy) is 1. The Labute approximate surface area is 167 Å². The van der Waals surface area contributed by atoms with Crippen molar-refractivity contribution in [1.29, 1.82) is 0 Å². The third-order valence-electron chi connectivity index (χ3n) is 4.25. The quantitative estimate of drug-likeness (QED) is 0.248. The summed E-state index contributed by atoms with van der Waals surface area (Å²) in [6.45, 7) is 8.26. The highest BCUT2D eigenvalue weighted by molar-refractivity contribution is 14.0. The van der Waals surface area contributed by atoms with Crippen molar-refractivity contribution in [2.45, 2.75) is 39.7 Å². The summed E-state index contributed by atoms with van der Waals surface area (Å²) < 4.78 is 5.49. The Hall–Kier alpha value is -0.530. The van der Waals surface area contributed by atoms with Crippen LogP contribution < -0.4 is 10.6 Å². The molecule has 0 atom stereocenters. The minimum Gasteiger partial charge on any atom is -0.382 e. The van der Waals surface area contributed by atoms with Gasteiger partial charge in [-0.25, -0.2) is 4.99 Å². The fourth-order valence-electron chi connectivity index (χ4n) is 2.50. The maximum Gasteiger partial charge on any atom is 0.191 e. The minimum absolute atomic E-state index is 0. The summed E-state index contributed by atoms with van der Waals surface area (Å²) in [5.74, 6) is 0.880. The average Bonchev–Trinajstić information content (AvgIpc) is 3.32. The van der Waals surface area contributed by atoms with Crippen molar-refractivity contribution >= 4 is 41.5 Å². The fourth-order valence-corrected chi connectivity index (χ4v) is 2.62. The van der Waals surface area contributed by atoms with E-state index in [4.69, 9.17) is 16.3 Å². The smallest absolute Gasteiger partial charge is 0.191 e. The van der Waals surface area contributed by atoms with Gasteiger partial charge in [0.2, 0.25) is 0 Å². The van der Waals surface area contributed by atoms with Gasteiger partial charge in [-0.05, 0) is 56.2 Å². The maximum atomic E-state index is 5.91. The third kappa shape index (κ3) is 7.57. The normalized spacial score (nSPS) is 15.5. The minimum atomic E-state index is 0. The lowest BCUT2D eigenvalue weighted by molar-refractivity contribution is 0.128. The Balaban J connectivity index is 0.00000288.